The van der Waals surface area contributed by atoms with Gasteiger partial charge < -0.3 is 24.5 Å². The summed E-state index contributed by atoms with van der Waals surface area (Å²) in [5.41, 5.74) is 0.954. The molecule has 2 rings (SSSR count). The van der Waals surface area contributed by atoms with Crippen LogP contribution in [0.2, 0.25) is 5.02 Å². The maximum absolute atomic E-state index is 10.5. The Labute approximate surface area is 132 Å². The third kappa shape index (κ3) is 4.52. The number of hydrogen-bond acceptors (Lipinski definition) is 5. The molecule has 118 valence electrons. The SMILES string of the molecule is CC(OCC(O)Cn1cnc([N+](=O)[O-])c1)c1ccc(Cl)cc1. The fourth-order valence-electron chi connectivity index (χ4n) is 1.92. The number of nitro groups is 1. The first-order chi connectivity index (χ1) is 10.5. The van der Waals surface area contributed by atoms with Crippen LogP contribution in [-0.2, 0) is 11.3 Å². The summed E-state index contributed by atoms with van der Waals surface area (Å²) >= 11 is 5.82. The molecule has 1 aromatic carbocycles. The Morgan fingerprint density at radius 2 is 2.14 bits per heavy atom. The van der Waals surface area contributed by atoms with Gasteiger partial charge in [0.1, 0.15) is 6.20 Å². The second kappa shape index (κ2) is 7.35. The first-order valence-electron chi connectivity index (χ1n) is 6.67. The van der Waals surface area contributed by atoms with E-state index in [9.17, 15) is 15.2 Å². The zero-order chi connectivity index (χ0) is 16.1. The van der Waals surface area contributed by atoms with Crippen LogP contribution < -0.4 is 0 Å². The number of aromatic nitrogens is 2. The van der Waals surface area contributed by atoms with E-state index in [1.54, 1.807) is 12.1 Å². The predicted octanol–water partition coefficient (Wildman–Crippen LogP) is 2.58. The molecule has 2 aromatic rings. The lowest BCUT2D eigenvalue weighted by Gasteiger charge is -2.17. The minimum absolute atomic E-state index is 0.107. The molecular formula is C14H16ClN3O4. The van der Waals surface area contributed by atoms with E-state index in [1.165, 1.54) is 17.1 Å². The Balaban J connectivity index is 1.82. The highest BCUT2D eigenvalue weighted by Gasteiger charge is 2.14. The topological polar surface area (TPSA) is 90.4 Å². The largest absolute Gasteiger partial charge is 0.389 e. The van der Waals surface area contributed by atoms with Crippen molar-refractivity contribution < 1.29 is 14.8 Å². The molecule has 1 aromatic heterocycles. The third-order valence-corrected chi connectivity index (χ3v) is 3.36. The normalized spacial score (nSPS) is 13.8. The van der Waals surface area contributed by atoms with Crippen LogP contribution in [0.1, 0.15) is 18.6 Å². The molecule has 0 saturated heterocycles. The highest BCUT2D eigenvalue weighted by molar-refractivity contribution is 6.30. The number of imidazole rings is 1. The van der Waals surface area contributed by atoms with Gasteiger partial charge in [-0.15, -0.1) is 0 Å². The molecule has 0 aliphatic carbocycles. The zero-order valence-corrected chi connectivity index (χ0v) is 12.7. The first-order valence-corrected chi connectivity index (χ1v) is 7.05. The van der Waals surface area contributed by atoms with Gasteiger partial charge >= 0.3 is 5.82 Å². The Hall–Kier alpha value is -1.96. The summed E-state index contributed by atoms with van der Waals surface area (Å²) in [5.74, 6) is -0.248. The van der Waals surface area contributed by atoms with Crippen molar-refractivity contribution in [3.63, 3.8) is 0 Å². The van der Waals surface area contributed by atoms with E-state index in [4.69, 9.17) is 16.3 Å². The van der Waals surface area contributed by atoms with Crippen molar-refractivity contribution in [1.82, 2.24) is 9.55 Å². The summed E-state index contributed by atoms with van der Waals surface area (Å²) in [6, 6.07) is 7.27. The van der Waals surface area contributed by atoms with Crippen molar-refractivity contribution in [3.8, 4) is 0 Å². The van der Waals surface area contributed by atoms with Gasteiger partial charge in [-0.25, -0.2) is 0 Å². The lowest BCUT2D eigenvalue weighted by atomic mass is 10.1. The van der Waals surface area contributed by atoms with Crippen LogP contribution in [-0.4, -0.2) is 32.3 Å². The van der Waals surface area contributed by atoms with Crippen molar-refractivity contribution in [2.75, 3.05) is 6.61 Å². The molecule has 0 aliphatic rings. The number of nitrogens with zero attached hydrogens (tertiary/aromatic N) is 3. The highest BCUT2D eigenvalue weighted by Crippen LogP contribution is 2.19. The molecule has 0 amide bonds. The maximum Gasteiger partial charge on any atom is 0.381 e. The van der Waals surface area contributed by atoms with Crippen molar-refractivity contribution in [1.29, 1.82) is 0 Å². The van der Waals surface area contributed by atoms with Crippen molar-refractivity contribution in [2.45, 2.75) is 25.7 Å². The van der Waals surface area contributed by atoms with E-state index in [-0.39, 0.29) is 25.1 Å². The lowest BCUT2D eigenvalue weighted by Crippen LogP contribution is -2.22. The fraction of sp³-hybridized carbons (Fsp3) is 0.357. The van der Waals surface area contributed by atoms with Gasteiger partial charge in [0.2, 0.25) is 6.33 Å². The van der Waals surface area contributed by atoms with E-state index >= 15 is 0 Å². The molecule has 2 atom stereocenters. The smallest absolute Gasteiger partial charge is 0.381 e. The summed E-state index contributed by atoms with van der Waals surface area (Å²) in [6.45, 7) is 2.15. The summed E-state index contributed by atoms with van der Waals surface area (Å²) in [6.07, 6.45) is 1.60. The average Bonchev–Trinajstić information content (AvgIpc) is 2.94. The van der Waals surface area contributed by atoms with Gasteiger partial charge in [-0.1, -0.05) is 23.7 Å². The molecule has 8 heteroatoms. The van der Waals surface area contributed by atoms with Gasteiger partial charge in [0.25, 0.3) is 0 Å². The molecule has 1 N–H and O–H groups in total. The lowest BCUT2D eigenvalue weighted by molar-refractivity contribution is -0.389. The van der Waals surface area contributed by atoms with Gasteiger partial charge in [0.15, 0.2) is 0 Å². The number of hydrogen-bond donors (Lipinski definition) is 1. The molecule has 2 unspecified atom stereocenters. The van der Waals surface area contributed by atoms with E-state index in [0.717, 1.165) is 5.56 Å². The Morgan fingerprint density at radius 1 is 1.45 bits per heavy atom. The van der Waals surface area contributed by atoms with Gasteiger partial charge in [0.05, 0.1) is 25.4 Å². The van der Waals surface area contributed by atoms with Crippen LogP contribution in [0.4, 0.5) is 5.82 Å². The second-order valence-electron chi connectivity index (χ2n) is 4.87. The number of benzene rings is 1. The Kier molecular flexibility index (Phi) is 5.48. The van der Waals surface area contributed by atoms with Gasteiger partial charge in [-0.2, -0.15) is 0 Å². The fourth-order valence-corrected chi connectivity index (χ4v) is 2.05. The van der Waals surface area contributed by atoms with Crippen molar-refractivity contribution in [3.05, 3.63) is 57.5 Å². The van der Waals surface area contributed by atoms with Crippen LogP contribution in [0.15, 0.2) is 36.8 Å². The standard InChI is InChI=1S/C14H16ClN3O4/c1-10(11-2-4-12(15)5-3-11)22-8-13(19)6-17-7-14(16-9-17)18(20)21/h2-5,7,9-10,13,19H,6,8H2,1H3. The minimum Gasteiger partial charge on any atom is -0.389 e. The zero-order valence-electron chi connectivity index (χ0n) is 11.9. The third-order valence-electron chi connectivity index (χ3n) is 3.11. The average molecular weight is 326 g/mol. The molecule has 0 aliphatic heterocycles. The quantitative estimate of drug-likeness (QED) is 0.624. The van der Waals surface area contributed by atoms with E-state index < -0.39 is 11.0 Å². The van der Waals surface area contributed by atoms with Crippen LogP contribution in [0, 0.1) is 10.1 Å². The molecular weight excluding hydrogens is 310 g/mol. The summed E-state index contributed by atoms with van der Waals surface area (Å²) in [7, 11) is 0. The van der Waals surface area contributed by atoms with E-state index in [1.807, 2.05) is 19.1 Å². The molecule has 1 heterocycles. The van der Waals surface area contributed by atoms with Crippen LogP contribution in [0.3, 0.4) is 0 Å². The monoisotopic (exact) mass is 325 g/mol. The molecule has 22 heavy (non-hydrogen) atoms. The number of rotatable bonds is 7. The van der Waals surface area contributed by atoms with Crippen LogP contribution in [0.25, 0.3) is 0 Å². The molecule has 0 saturated carbocycles. The van der Waals surface area contributed by atoms with Gasteiger partial charge in [-0.05, 0) is 34.5 Å². The predicted molar refractivity (Wildman–Crippen MR) is 80.7 cm³/mol. The van der Waals surface area contributed by atoms with Crippen LogP contribution >= 0.6 is 11.6 Å². The maximum atomic E-state index is 10.5. The molecule has 0 fully saturated rings. The van der Waals surface area contributed by atoms with E-state index in [2.05, 4.69) is 4.98 Å². The summed E-state index contributed by atoms with van der Waals surface area (Å²) in [4.78, 5) is 13.6. The van der Waals surface area contributed by atoms with E-state index in [0.29, 0.717) is 5.02 Å². The molecule has 0 spiro atoms. The van der Waals surface area contributed by atoms with Gasteiger partial charge in [-0.3, -0.25) is 0 Å². The van der Waals surface area contributed by atoms with Crippen molar-refractivity contribution >= 4 is 17.4 Å². The Morgan fingerprint density at radius 3 is 2.73 bits per heavy atom. The Bertz CT molecular complexity index is 629. The number of ether oxygens (including phenoxy) is 1. The number of halogens is 1. The second-order valence-corrected chi connectivity index (χ2v) is 5.30. The van der Waals surface area contributed by atoms with Crippen LogP contribution in [0.5, 0.6) is 0 Å². The summed E-state index contributed by atoms with van der Waals surface area (Å²) < 4.78 is 7.05. The highest BCUT2D eigenvalue weighted by atomic mass is 35.5. The van der Waals surface area contributed by atoms with Gasteiger partial charge in [0, 0.05) is 5.02 Å². The molecule has 0 bridgehead atoms. The molecule has 0 radical (unpaired) electrons. The number of aliphatic hydroxyl groups excluding tert-OH is 1. The first kappa shape index (κ1) is 16.4. The van der Waals surface area contributed by atoms with Crippen molar-refractivity contribution in [2.24, 2.45) is 0 Å². The number of aliphatic hydroxyl groups is 1. The molecule has 7 nitrogen and oxygen atoms in total. The minimum atomic E-state index is -0.788. The summed E-state index contributed by atoms with van der Waals surface area (Å²) in [5, 5.41) is 21.1.